The molecule has 0 spiro atoms. The lowest BCUT2D eigenvalue weighted by Crippen LogP contribution is -2.35. The number of rotatable bonds is 6. The van der Waals surface area contributed by atoms with Gasteiger partial charge in [-0.25, -0.2) is 4.39 Å². The number of nitrogens with zero attached hydrogens (tertiary/aromatic N) is 1. The van der Waals surface area contributed by atoms with Crippen molar-refractivity contribution in [2.45, 2.75) is 52.1 Å². The quantitative estimate of drug-likeness (QED) is 0.867. The van der Waals surface area contributed by atoms with Gasteiger partial charge in [-0.15, -0.1) is 0 Å². The summed E-state index contributed by atoms with van der Waals surface area (Å²) in [6.07, 6.45) is 2.61. The van der Waals surface area contributed by atoms with Gasteiger partial charge in [0.25, 0.3) is 0 Å². The average molecular weight is 290 g/mol. The Bertz CT molecular complexity index is 539. The third kappa shape index (κ3) is 4.71. The van der Waals surface area contributed by atoms with Crippen LogP contribution in [0.1, 0.15) is 45.6 Å². The second kappa shape index (κ2) is 6.03. The molecule has 1 aliphatic rings. The van der Waals surface area contributed by atoms with Crippen molar-refractivity contribution in [1.82, 2.24) is 5.32 Å². The van der Waals surface area contributed by atoms with E-state index in [1.807, 2.05) is 0 Å². The van der Waals surface area contributed by atoms with Crippen LogP contribution in [0.4, 0.5) is 4.39 Å². The molecule has 0 atom stereocenters. The molecule has 0 aliphatic heterocycles. The molecule has 0 saturated heterocycles. The zero-order chi connectivity index (χ0) is 15.5. The molecule has 1 fully saturated rings. The van der Waals surface area contributed by atoms with E-state index in [1.165, 1.54) is 12.1 Å². The first-order valence-corrected chi connectivity index (χ1v) is 7.37. The molecule has 4 heteroatoms. The molecular weight excluding hydrogens is 267 g/mol. The first-order valence-electron chi connectivity index (χ1n) is 7.37. The van der Waals surface area contributed by atoms with E-state index in [-0.39, 0.29) is 16.8 Å². The fraction of sp³-hybridized carbons (Fsp3) is 0.588. The van der Waals surface area contributed by atoms with Crippen LogP contribution in [-0.4, -0.2) is 12.1 Å². The van der Waals surface area contributed by atoms with Gasteiger partial charge in [-0.1, -0.05) is 0 Å². The van der Waals surface area contributed by atoms with Crippen molar-refractivity contribution in [3.63, 3.8) is 0 Å². The molecule has 1 N–H and O–H groups in total. The van der Waals surface area contributed by atoms with Crippen molar-refractivity contribution in [3.8, 4) is 11.8 Å². The van der Waals surface area contributed by atoms with Gasteiger partial charge in [0, 0.05) is 29.5 Å². The molecule has 1 aliphatic carbocycles. The second-order valence-electron chi connectivity index (χ2n) is 6.98. The maximum atomic E-state index is 13.4. The Labute approximate surface area is 126 Å². The van der Waals surface area contributed by atoms with Gasteiger partial charge in [0.05, 0.1) is 12.7 Å². The van der Waals surface area contributed by atoms with Crippen molar-refractivity contribution in [2.75, 3.05) is 6.61 Å². The van der Waals surface area contributed by atoms with Crippen molar-refractivity contribution in [1.29, 1.82) is 5.26 Å². The molecule has 1 aromatic rings. The van der Waals surface area contributed by atoms with Crippen LogP contribution in [0.5, 0.6) is 5.75 Å². The molecule has 114 valence electrons. The summed E-state index contributed by atoms with van der Waals surface area (Å²) >= 11 is 0. The van der Waals surface area contributed by atoms with Crippen molar-refractivity contribution in [3.05, 3.63) is 29.6 Å². The maximum Gasteiger partial charge on any atom is 0.124 e. The Morgan fingerprint density at radius 1 is 1.38 bits per heavy atom. The second-order valence-corrected chi connectivity index (χ2v) is 6.98. The minimum Gasteiger partial charge on any atom is -0.493 e. The van der Waals surface area contributed by atoms with E-state index in [9.17, 15) is 4.39 Å². The summed E-state index contributed by atoms with van der Waals surface area (Å²) in [7, 11) is 0. The summed E-state index contributed by atoms with van der Waals surface area (Å²) in [4.78, 5) is 0. The average Bonchev–Trinajstić information content (AvgIpc) is 3.15. The van der Waals surface area contributed by atoms with Gasteiger partial charge in [0.15, 0.2) is 0 Å². The third-order valence-electron chi connectivity index (χ3n) is 3.78. The van der Waals surface area contributed by atoms with Gasteiger partial charge < -0.3 is 10.1 Å². The summed E-state index contributed by atoms with van der Waals surface area (Å²) in [6, 6.07) is 6.83. The predicted molar refractivity (Wildman–Crippen MR) is 80.4 cm³/mol. The third-order valence-corrected chi connectivity index (χ3v) is 3.78. The Kier molecular flexibility index (Phi) is 4.53. The molecule has 2 rings (SSSR count). The molecule has 0 radical (unpaired) electrons. The number of hydrogen-bond acceptors (Lipinski definition) is 3. The van der Waals surface area contributed by atoms with Crippen LogP contribution in [0.3, 0.4) is 0 Å². The lowest BCUT2D eigenvalue weighted by molar-refractivity contribution is 0.233. The monoisotopic (exact) mass is 290 g/mol. The molecule has 0 aromatic heterocycles. The van der Waals surface area contributed by atoms with Crippen LogP contribution in [0, 0.1) is 22.6 Å². The first-order chi connectivity index (χ1) is 9.84. The van der Waals surface area contributed by atoms with Crippen LogP contribution in [-0.2, 0) is 6.54 Å². The van der Waals surface area contributed by atoms with Gasteiger partial charge in [-0.2, -0.15) is 5.26 Å². The minimum atomic E-state index is -0.258. The normalized spacial score (nSPS) is 16.3. The summed E-state index contributed by atoms with van der Waals surface area (Å²) in [5.41, 5.74) is 0.803. The largest absolute Gasteiger partial charge is 0.493 e. The molecule has 0 unspecified atom stereocenters. The highest BCUT2D eigenvalue weighted by Gasteiger charge is 2.43. The smallest absolute Gasteiger partial charge is 0.124 e. The number of benzene rings is 1. The van der Waals surface area contributed by atoms with Crippen LogP contribution >= 0.6 is 0 Å². The van der Waals surface area contributed by atoms with Crippen molar-refractivity contribution >= 4 is 0 Å². The highest BCUT2D eigenvalue weighted by molar-refractivity contribution is 5.34. The molecule has 0 heterocycles. The van der Waals surface area contributed by atoms with Crippen LogP contribution in [0.25, 0.3) is 0 Å². The molecular formula is C17H23FN2O. The summed E-state index contributed by atoms with van der Waals surface area (Å²) in [6.45, 7) is 7.30. The Morgan fingerprint density at radius 2 is 2.10 bits per heavy atom. The zero-order valence-corrected chi connectivity index (χ0v) is 13.0. The minimum absolute atomic E-state index is 0.0257. The van der Waals surface area contributed by atoms with E-state index in [0.29, 0.717) is 25.3 Å². The lowest BCUT2D eigenvalue weighted by atomic mass is 10.1. The number of ether oxygens (including phenoxy) is 1. The van der Waals surface area contributed by atoms with E-state index >= 15 is 0 Å². The number of halogens is 1. The van der Waals surface area contributed by atoms with E-state index in [0.717, 1.165) is 18.4 Å². The predicted octanol–water partition coefficient (Wildman–Crippen LogP) is 3.79. The van der Waals surface area contributed by atoms with Crippen LogP contribution in [0.15, 0.2) is 18.2 Å². The topological polar surface area (TPSA) is 45.0 Å². The number of nitrogens with one attached hydrogen (secondary N) is 1. The summed E-state index contributed by atoms with van der Waals surface area (Å²) in [5, 5.41) is 12.2. The van der Waals surface area contributed by atoms with E-state index in [4.69, 9.17) is 10.00 Å². The Balaban J connectivity index is 2.03. The van der Waals surface area contributed by atoms with Crippen LogP contribution < -0.4 is 10.1 Å². The molecule has 1 saturated carbocycles. The molecule has 3 nitrogen and oxygen atoms in total. The fourth-order valence-electron chi connectivity index (χ4n) is 2.13. The van der Waals surface area contributed by atoms with Gasteiger partial charge in [0.2, 0.25) is 0 Å². The van der Waals surface area contributed by atoms with E-state index in [1.54, 1.807) is 6.07 Å². The summed E-state index contributed by atoms with van der Waals surface area (Å²) < 4.78 is 19.3. The van der Waals surface area contributed by atoms with E-state index < -0.39 is 0 Å². The Hall–Kier alpha value is -1.60. The van der Waals surface area contributed by atoms with Crippen molar-refractivity contribution < 1.29 is 9.13 Å². The molecule has 0 bridgehead atoms. The van der Waals surface area contributed by atoms with Crippen LogP contribution in [0.2, 0.25) is 0 Å². The molecule has 21 heavy (non-hydrogen) atoms. The zero-order valence-electron chi connectivity index (χ0n) is 13.0. The summed E-state index contributed by atoms with van der Waals surface area (Å²) in [5.74, 6) is 0.448. The van der Waals surface area contributed by atoms with Gasteiger partial charge in [-0.3, -0.25) is 0 Å². The maximum absolute atomic E-state index is 13.4. The van der Waals surface area contributed by atoms with Crippen molar-refractivity contribution in [2.24, 2.45) is 5.41 Å². The number of hydrogen-bond donors (Lipinski definition) is 1. The lowest BCUT2D eigenvalue weighted by Gasteiger charge is -2.22. The molecule has 0 amide bonds. The Morgan fingerprint density at radius 3 is 2.67 bits per heavy atom. The number of nitriles is 1. The van der Waals surface area contributed by atoms with Gasteiger partial charge in [-0.05, 0) is 51.8 Å². The molecule has 1 aromatic carbocycles. The highest BCUT2D eigenvalue weighted by atomic mass is 19.1. The fourth-order valence-corrected chi connectivity index (χ4v) is 2.13. The first kappa shape index (κ1) is 15.8. The SMILES string of the molecule is CC(C)(C)NCc1cc(F)ccc1OCC1(CC#N)CC1. The standard InChI is InChI=1S/C17H23FN2O/c1-16(2,3)20-11-13-10-14(18)4-5-15(13)21-12-17(6-7-17)8-9-19/h4-5,10,20H,6-8,11-12H2,1-3H3. The van der Waals surface area contributed by atoms with Gasteiger partial charge >= 0.3 is 0 Å². The van der Waals surface area contributed by atoms with E-state index in [2.05, 4.69) is 32.2 Å². The highest BCUT2D eigenvalue weighted by Crippen LogP contribution is 2.48. The van der Waals surface area contributed by atoms with Gasteiger partial charge in [0.1, 0.15) is 11.6 Å².